The summed E-state index contributed by atoms with van der Waals surface area (Å²) in [6.07, 6.45) is 1.58. The Morgan fingerprint density at radius 3 is 2.65 bits per heavy atom. The molecule has 0 unspecified atom stereocenters. The number of hydrogen-bond acceptors (Lipinski definition) is 4. The summed E-state index contributed by atoms with van der Waals surface area (Å²) in [6.45, 7) is 4.17. The fourth-order valence-corrected chi connectivity index (χ4v) is 2.01. The summed E-state index contributed by atoms with van der Waals surface area (Å²) in [5, 5.41) is 2.91. The molecule has 0 aliphatic heterocycles. The molecule has 5 heteroatoms. The summed E-state index contributed by atoms with van der Waals surface area (Å²) in [6, 6.07) is 11.1. The first-order valence-electron chi connectivity index (χ1n) is 6.45. The predicted molar refractivity (Wildman–Crippen MR) is 80.5 cm³/mol. The number of carbonyl (C=O) groups is 1. The molecule has 0 radical (unpaired) electrons. The predicted octanol–water partition coefficient (Wildman–Crippen LogP) is 2.74. The van der Waals surface area contributed by atoms with Crippen LogP contribution in [-0.2, 0) is 0 Å². The van der Waals surface area contributed by atoms with Crippen LogP contribution in [0.25, 0.3) is 0 Å². The van der Waals surface area contributed by atoms with Gasteiger partial charge in [-0.1, -0.05) is 32.0 Å². The van der Waals surface area contributed by atoms with E-state index in [1.54, 1.807) is 18.3 Å². The highest BCUT2D eigenvalue weighted by molar-refractivity contribution is 6.07. The first-order valence-corrected chi connectivity index (χ1v) is 6.45. The number of rotatable bonds is 4. The molecule has 0 atom stereocenters. The van der Waals surface area contributed by atoms with Crippen molar-refractivity contribution in [2.75, 3.05) is 10.7 Å². The fraction of sp³-hybridized carbons (Fsp3) is 0.200. The van der Waals surface area contributed by atoms with Crippen molar-refractivity contribution in [2.45, 2.75) is 19.8 Å². The van der Waals surface area contributed by atoms with E-state index in [-0.39, 0.29) is 5.91 Å². The van der Waals surface area contributed by atoms with Crippen LogP contribution in [0.5, 0.6) is 0 Å². The Labute approximate surface area is 118 Å². The third kappa shape index (κ3) is 2.95. The van der Waals surface area contributed by atoms with Crippen LogP contribution in [0.2, 0.25) is 0 Å². The smallest absolute Gasteiger partial charge is 0.259 e. The van der Waals surface area contributed by atoms with Crippen molar-refractivity contribution < 1.29 is 4.79 Å². The lowest BCUT2D eigenvalue weighted by atomic mass is 10.0. The third-order valence-electron chi connectivity index (χ3n) is 3.02. The second kappa shape index (κ2) is 6.16. The average molecular weight is 270 g/mol. The first-order chi connectivity index (χ1) is 9.63. The molecule has 0 fully saturated rings. The standard InChI is InChI=1S/C15H18N4O/c1-10(2)11-6-3-4-8-13(11)18-15(20)12-7-5-9-17-14(12)19-16/h3-10H,16H2,1-2H3,(H,17,19)(H,18,20). The molecule has 1 aromatic heterocycles. The number of nitrogens with one attached hydrogen (secondary N) is 2. The van der Waals surface area contributed by atoms with Gasteiger partial charge in [-0.3, -0.25) is 4.79 Å². The Morgan fingerprint density at radius 2 is 1.95 bits per heavy atom. The molecule has 0 aliphatic carbocycles. The van der Waals surface area contributed by atoms with Gasteiger partial charge in [-0.25, -0.2) is 10.8 Å². The molecule has 2 rings (SSSR count). The highest BCUT2D eigenvalue weighted by atomic mass is 16.1. The molecule has 0 saturated carbocycles. The Kier molecular flexibility index (Phi) is 4.32. The van der Waals surface area contributed by atoms with Crippen molar-refractivity contribution in [1.29, 1.82) is 0 Å². The molecule has 5 nitrogen and oxygen atoms in total. The van der Waals surface area contributed by atoms with Gasteiger partial charge >= 0.3 is 0 Å². The van der Waals surface area contributed by atoms with Gasteiger partial charge in [0.1, 0.15) is 0 Å². The lowest BCUT2D eigenvalue weighted by molar-refractivity contribution is 0.102. The summed E-state index contributed by atoms with van der Waals surface area (Å²) >= 11 is 0. The van der Waals surface area contributed by atoms with E-state index in [0.717, 1.165) is 11.3 Å². The van der Waals surface area contributed by atoms with Crippen molar-refractivity contribution in [3.8, 4) is 0 Å². The lowest BCUT2D eigenvalue weighted by Crippen LogP contribution is -2.19. The molecule has 20 heavy (non-hydrogen) atoms. The molecule has 2 aromatic rings. The number of nitrogens with zero attached hydrogens (tertiary/aromatic N) is 1. The maximum absolute atomic E-state index is 12.3. The maximum Gasteiger partial charge on any atom is 0.259 e. The van der Waals surface area contributed by atoms with Crippen LogP contribution in [-0.4, -0.2) is 10.9 Å². The minimum absolute atomic E-state index is 0.237. The summed E-state index contributed by atoms with van der Waals surface area (Å²) < 4.78 is 0. The average Bonchev–Trinajstić information content (AvgIpc) is 2.47. The van der Waals surface area contributed by atoms with Gasteiger partial charge in [-0.05, 0) is 29.7 Å². The molecular formula is C15H18N4O. The Balaban J connectivity index is 2.28. The molecule has 0 aliphatic rings. The van der Waals surface area contributed by atoms with Gasteiger partial charge in [-0.15, -0.1) is 0 Å². The van der Waals surface area contributed by atoms with E-state index < -0.39 is 0 Å². The minimum Gasteiger partial charge on any atom is -0.322 e. The van der Waals surface area contributed by atoms with Crippen LogP contribution >= 0.6 is 0 Å². The van der Waals surface area contributed by atoms with Gasteiger partial charge in [0.25, 0.3) is 5.91 Å². The molecule has 0 saturated heterocycles. The van der Waals surface area contributed by atoms with E-state index in [1.807, 2.05) is 24.3 Å². The van der Waals surface area contributed by atoms with E-state index in [4.69, 9.17) is 5.84 Å². The fourth-order valence-electron chi connectivity index (χ4n) is 2.01. The number of carbonyl (C=O) groups excluding carboxylic acids is 1. The van der Waals surface area contributed by atoms with Crippen LogP contribution in [0.1, 0.15) is 35.7 Å². The molecule has 4 N–H and O–H groups in total. The highest BCUT2D eigenvalue weighted by Gasteiger charge is 2.14. The van der Waals surface area contributed by atoms with Crippen LogP contribution in [0, 0.1) is 0 Å². The molecule has 1 amide bonds. The number of anilines is 2. The van der Waals surface area contributed by atoms with E-state index in [9.17, 15) is 4.79 Å². The summed E-state index contributed by atoms with van der Waals surface area (Å²) in [5.41, 5.74) is 4.73. The topological polar surface area (TPSA) is 80.0 Å². The van der Waals surface area contributed by atoms with Crippen molar-refractivity contribution in [2.24, 2.45) is 5.84 Å². The minimum atomic E-state index is -0.237. The van der Waals surface area contributed by atoms with Crippen molar-refractivity contribution in [1.82, 2.24) is 4.98 Å². The molecule has 104 valence electrons. The Morgan fingerprint density at radius 1 is 1.20 bits per heavy atom. The van der Waals surface area contributed by atoms with Crippen LogP contribution in [0.3, 0.4) is 0 Å². The van der Waals surface area contributed by atoms with Crippen molar-refractivity contribution >= 4 is 17.4 Å². The number of nitrogens with two attached hydrogens (primary N) is 1. The zero-order valence-corrected chi connectivity index (χ0v) is 11.6. The Bertz CT molecular complexity index is 610. The second-order valence-corrected chi connectivity index (χ2v) is 4.74. The van der Waals surface area contributed by atoms with Crippen LogP contribution in [0.4, 0.5) is 11.5 Å². The van der Waals surface area contributed by atoms with Crippen molar-refractivity contribution in [3.05, 3.63) is 53.7 Å². The SMILES string of the molecule is CC(C)c1ccccc1NC(=O)c1cccnc1NN. The largest absolute Gasteiger partial charge is 0.322 e. The zero-order valence-electron chi connectivity index (χ0n) is 11.6. The van der Waals surface area contributed by atoms with Gasteiger partial charge in [0.15, 0.2) is 5.82 Å². The zero-order chi connectivity index (χ0) is 14.5. The van der Waals surface area contributed by atoms with E-state index in [2.05, 4.69) is 29.6 Å². The highest BCUT2D eigenvalue weighted by Crippen LogP contribution is 2.24. The number of hydrogen-bond donors (Lipinski definition) is 3. The van der Waals surface area contributed by atoms with Crippen molar-refractivity contribution in [3.63, 3.8) is 0 Å². The molecule has 0 spiro atoms. The number of para-hydroxylation sites is 1. The maximum atomic E-state index is 12.3. The first kappa shape index (κ1) is 14.0. The molecule has 1 heterocycles. The van der Waals surface area contributed by atoms with Gasteiger partial charge in [0.05, 0.1) is 5.56 Å². The summed E-state index contributed by atoms with van der Waals surface area (Å²) in [4.78, 5) is 16.3. The summed E-state index contributed by atoms with van der Waals surface area (Å²) in [5.74, 6) is 5.81. The normalized spacial score (nSPS) is 10.4. The summed E-state index contributed by atoms with van der Waals surface area (Å²) in [7, 11) is 0. The second-order valence-electron chi connectivity index (χ2n) is 4.74. The van der Waals surface area contributed by atoms with Gasteiger partial charge in [0.2, 0.25) is 0 Å². The molecular weight excluding hydrogens is 252 g/mol. The van der Waals surface area contributed by atoms with Gasteiger partial charge < -0.3 is 10.7 Å². The molecule has 0 bridgehead atoms. The van der Waals surface area contributed by atoms with Crippen LogP contribution < -0.4 is 16.6 Å². The quantitative estimate of drug-likeness (QED) is 0.589. The van der Waals surface area contributed by atoms with Gasteiger partial charge in [0, 0.05) is 11.9 Å². The van der Waals surface area contributed by atoms with E-state index in [0.29, 0.717) is 17.3 Å². The number of pyridine rings is 1. The van der Waals surface area contributed by atoms with E-state index >= 15 is 0 Å². The monoisotopic (exact) mass is 270 g/mol. The number of aromatic nitrogens is 1. The van der Waals surface area contributed by atoms with E-state index in [1.165, 1.54) is 0 Å². The van der Waals surface area contributed by atoms with Gasteiger partial charge in [-0.2, -0.15) is 0 Å². The Hall–Kier alpha value is -2.40. The number of hydrazine groups is 1. The lowest BCUT2D eigenvalue weighted by Gasteiger charge is -2.14. The number of benzene rings is 1. The third-order valence-corrected chi connectivity index (χ3v) is 3.02. The van der Waals surface area contributed by atoms with Crippen LogP contribution in [0.15, 0.2) is 42.6 Å². The molecule has 1 aromatic carbocycles. The number of nitrogen functional groups attached to an aromatic ring is 1. The number of amides is 1.